The molecule has 0 aliphatic carbocycles. The number of carbonyl (C=O) groups excluding carboxylic acids is 4. The van der Waals surface area contributed by atoms with Gasteiger partial charge in [0.2, 0.25) is 5.91 Å². The van der Waals surface area contributed by atoms with Gasteiger partial charge in [0, 0.05) is 12.1 Å². The largest absolute Gasteiger partial charge is 0.468 e. The van der Waals surface area contributed by atoms with Crippen molar-refractivity contribution in [2.24, 2.45) is 5.92 Å². The smallest absolute Gasteiger partial charge is 0.416 e. The number of rotatable bonds is 6. The standard InChI is InChI=1S/C15H14F3NO6/c1-24-13(22)10(12(21)14(23)25-2)7-11(20)19-9-5-3-4-8(6-9)15(16,17)18/h3-6,10H,7H2,1-2H3,(H,19,20)/t10-/m0/s1. The van der Waals surface area contributed by atoms with E-state index in [0.717, 1.165) is 26.4 Å². The lowest BCUT2D eigenvalue weighted by Crippen LogP contribution is -2.35. The first-order valence-electron chi connectivity index (χ1n) is 6.77. The van der Waals surface area contributed by atoms with Crippen LogP contribution in [-0.4, -0.2) is 37.8 Å². The molecule has 10 heteroatoms. The lowest BCUT2D eigenvalue weighted by Gasteiger charge is -2.13. The maximum absolute atomic E-state index is 12.6. The van der Waals surface area contributed by atoms with E-state index in [-0.39, 0.29) is 5.69 Å². The van der Waals surface area contributed by atoms with Crippen molar-refractivity contribution in [1.82, 2.24) is 0 Å². The maximum atomic E-state index is 12.6. The Hall–Kier alpha value is -2.91. The Kier molecular flexibility index (Phi) is 6.66. The van der Waals surface area contributed by atoms with Gasteiger partial charge in [0.15, 0.2) is 0 Å². The lowest BCUT2D eigenvalue weighted by atomic mass is 9.99. The molecule has 1 atom stereocenters. The first-order chi connectivity index (χ1) is 11.6. The van der Waals surface area contributed by atoms with Crippen molar-refractivity contribution in [2.45, 2.75) is 12.6 Å². The summed E-state index contributed by atoms with van der Waals surface area (Å²) in [7, 11) is 1.86. The number of methoxy groups -OCH3 is 2. The molecule has 0 fully saturated rings. The number of carbonyl (C=O) groups is 4. The highest BCUT2D eigenvalue weighted by Gasteiger charge is 2.35. The lowest BCUT2D eigenvalue weighted by molar-refractivity contribution is -0.160. The molecular formula is C15H14F3NO6. The third-order valence-corrected chi connectivity index (χ3v) is 3.05. The second-order valence-corrected chi connectivity index (χ2v) is 4.76. The number of benzene rings is 1. The summed E-state index contributed by atoms with van der Waals surface area (Å²) in [4.78, 5) is 46.5. The molecule has 0 heterocycles. The number of esters is 2. The van der Waals surface area contributed by atoms with Crippen LogP contribution in [0.3, 0.4) is 0 Å². The SMILES string of the molecule is COC(=O)C(=O)[C@H](CC(=O)Nc1cccc(C(F)(F)F)c1)C(=O)OC. The number of hydrogen-bond donors (Lipinski definition) is 1. The Bertz CT molecular complexity index is 686. The van der Waals surface area contributed by atoms with Gasteiger partial charge in [0.05, 0.1) is 19.8 Å². The van der Waals surface area contributed by atoms with Gasteiger partial charge in [-0.05, 0) is 18.2 Å². The van der Waals surface area contributed by atoms with Crippen LogP contribution >= 0.6 is 0 Å². The molecule has 0 bridgehead atoms. The van der Waals surface area contributed by atoms with E-state index in [2.05, 4.69) is 14.8 Å². The van der Waals surface area contributed by atoms with Gasteiger partial charge in [-0.25, -0.2) is 4.79 Å². The van der Waals surface area contributed by atoms with Gasteiger partial charge >= 0.3 is 18.1 Å². The van der Waals surface area contributed by atoms with Crippen molar-refractivity contribution in [2.75, 3.05) is 19.5 Å². The highest BCUT2D eigenvalue weighted by molar-refractivity contribution is 6.38. The van der Waals surface area contributed by atoms with Gasteiger partial charge in [0.1, 0.15) is 5.92 Å². The number of ether oxygens (including phenoxy) is 2. The number of hydrogen-bond acceptors (Lipinski definition) is 6. The Morgan fingerprint density at radius 2 is 1.76 bits per heavy atom. The number of nitrogens with one attached hydrogen (secondary N) is 1. The molecule has 0 radical (unpaired) electrons. The van der Waals surface area contributed by atoms with Crippen molar-refractivity contribution in [1.29, 1.82) is 0 Å². The highest BCUT2D eigenvalue weighted by atomic mass is 19.4. The van der Waals surface area contributed by atoms with Crippen molar-refractivity contribution in [3.8, 4) is 0 Å². The monoisotopic (exact) mass is 361 g/mol. The van der Waals surface area contributed by atoms with Gasteiger partial charge in [-0.3, -0.25) is 14.4 Å². The Morgan fingerprint density at radius 1 is 1.12 bits per heavy atom. The normalized spacial score (nSPS) is 12.0. The number of halogens is 3. The molecule has 1 rings (SSSR count). The number of Topliss-reactive ketones (excluding diaryl/α,β-unsaturated/α-hetero) is 1. The molecule has 1 amide bonds. The van der Waals surface area contributed by atoms with Crippen LogP contribution in [-0.2, 0) is 34.8 Å². The molecule has 1 N–H and O–H groups in total. The zero-order chi connectivity index (χ0) is 19.2. The van der Waals surface area contributed by atoms with Crippen LogP contribution in [0.1, 0.15) is 12.0 Å². The van der Waals surface area contributed by atoms with Crippen LogP contribution in [0.15, 0.2) is 24.3 Å². The van der Waals surface area contributed by atoms with E-state index in [1.165, 1.54) is 6.07 Å². The minimum absolute atomic E-state index is 0.186. The van der Waals surface area contributed by atoms with E-state index in [9.17, 15) is 32.3 Å². The average Bonchev–Trinajstić information content (AvgIpc) is 2.57. The van der Waals surface area contributed by atoms with Crippen molar-refractivity contribution in [3.05, 3.63) is 29.8 Å². The van der Waals surface area contributed by atoms with E-state index in [1.807, 2.05) is 0 Å². The van der Waals surface area contributed by atoms with Gasteiger partial charge in [-0.2, -0.15) is 13.2 Å². The van der Waals surface area contributed by atoms with Gasteiger partial charge in [-0.15, -0.1) is 0 Å². The Morgan fingerprint density at radius 3 is 2.28 bits per heavy atom. The topological polar surface area (TPSA) is 98.8 Å². The third-order valence-electron chi connectivity index (χ3n) is 3.05. The zero-order valence-corrected chi connectivity index (χ0v) is 13.2. The van der Waals surface area contributed by atoms with Crippen LogP contribution in [0.25, 0.3) is 0 Å². The fraction of sp³-hybridized carbons (Fsp3) is 0.333. The van der Waals surface area contributed by atoms with E-state index < -0.39 is 47.7 Å². The molecule has 7 nitrogen and oxygen atoms in total. The first kappa shape index (κ1) is 20.1. The fourth-order valence-electron chi connectivity index (χ4n) is 1.84. The zero-order valence-electron chi connectivity index (χ0n) is 13.2. The second-order valence-electron chi connectivity index (χ2n) is 4.76. The van der Waals surface area contributed by atoms with Gasteiger partial charge < -0.3 is 14.8 Å². The molecule has 0 saturated carbocycles. The maximum Gasteiger partial charge on any atom is 0.416 e. The van der Waals surface area contributed by atoms with Crippen LogP contribution in [0.5, 0.6) is 0 Å². The van der Waals surface area contributed by atoms with E-state index in [1.54, 1.807) is 0 Å². The fourth-order valence-corrected chi connectivity index (χ4v) is 1.84. The van der Waals surface area contributed by atoms with Crippen molar-refractivity contribution >= 4 is 29.3 Å². The molecule has 136 valence electrons. The summed E-state index contributed by atoms with van der Waals surface area (Å²) in [5.74, 6) is -6.50. The number of ketones is 1. The summed E-state index contributed by atoms with van der Waals surface area (Å²) >= 11 is 0. The molecule has 1 aromatic carbocycles. The van der Waals surface area contributed by atoms with E-state index in [4.69, 9.17) is 0 Å². The minimum Gasteiger partial charge on any atom is -0.468 e. The quantitative estimate of drug-likeness (QED) is 0.469. The highest BCUT2D eigenvalue weighted by Crippen LogP contribution is 2.30. The predicted octanol–water partition coefficient (Wildman–Crippen LogP) is 1.57. The number of anilines is 1. The predicted molar refractivity (Wildman–Crippen MR) is 77.2 cm³/mol. The Balaban J connectivity index is 2.90. The molecule has 0 aliphatic rings. The molecule has 0 aromatic heterocycles. The molecule has 0 aliphatic heterocycles. The molecule has 0 saturated heterocycles. The second kappa shape index (κ2) is 8.27. The van der Waals surface area contributed by atoms with Crippen LogP contribution in [0, 0.1) is 5.92 Å². The summed E-state index contributed by atoms with van der Waals surface area (Å²) < 4.78 is 46.4. The van der Waals surface area contributed by atoms with Crippen LogP contribution < -0.4 is 5.32 Å². The van der Waals surface area contributed by atoms with Crippen LogP contribution in [0.4, 0.5) is 18.9 Å². The summed E-state index contributed by atoms with van der Waals surface area (Å²) in [5, 5.41) is 2.12. The summed E-state index contributed by atoms with van der Waals surface area (Å²) in [6.07, 6.45) is -5.40. The molecule has 0 unspecified atom stereocenters. The number of alkyl halides is 3. The minimum atomic E-state index is -4.60. The Labute approximate surface area is 140 Å². The van der Waals surface area contributed by atoms with Gasteiger partial charge in [0.25, 0.3) is 5.78 Å². The number of amides is 1. The average molecular weight is 361 g/mol. The van der Waals surface area contributed by atoms with E-state index >= 15 is 0 Å². The third kappa shape index (κ3) is 5.59. The molecular weight excluding hydrogens is 347 g/mol. The van der Waals surface area contributed by atoms with E-state index in [0.29, 0.717) is 6.07 Å². The molecule has 0 spiro atoms. The van der Waals surface area contributed by atoms with Crippen molar-refractivity contribution < 1.29 is 41.8 Å². The summed E-state index contributed by atoms with van der Waals surface area (Å²) in [5.41, 5.74) is -1.17. The molecule has 25 heavy (non-hydrogen) atoms. The van der Waals surface area contributed by atoms with Gasteiger partial charge in [-0.1, -0.05) is 6.07 Å². The summed E-state index contributed by atoms with van der Waals surface area (Å²) in [6, 6.07) is 3.78. The molecule has 1 aromatic rings. The first-order valence-corrected chi connectivity index (χ1v) is 6.77. The van der Waals surface area contributed by atoms with Crippen molar-refractivity contribution in [3.63, 3.8) is 0 Å². The summed E-state index contributed by atoms with van der Waals surface area (Å²) in [6.45, 7) is 0. The van der Waals surface area contributed by atoms with Crippen LogP contribution in [0.2, 0.25) is 0 Å².